The molecule has 3 atom stereocenters. The smallest absolute Gasteiger partial charge is 0.338 e. The molecule has 2 aromatic carbocycles. The number of carbonyl (C=O) groups is 3. The van der Waals surface area contributed by atoms with Crippen molar-refractivity contribution in [3.05, 3.63) is 59.7 Å². The highest BCUT2D eigenvalue weighted by molar-refractivity contribution is 7.89. The Morgan fingerprint density at radius 3 is 2.26 bits per heavy atom. The first-order chi connectivity index (χ1) is 16.0. The van der Waals surface area contributed by atoms with Gasteiger partial charge in [0.15, 0.2) is 11.9 Å². The van der Waals surface area contributed by atoms with Gasteiger partial charge in [-0.2, -0.15) is 4.31 Å². The zero-order chi connectivity index (χ0) is 25.0. The summed E-state index contributed by atoms with van der Waals surface area (Å²) in [6.45, 7) is 7.75. The molecule has 1 amide bonds. The molecular weight excluding hydrogens is 456 g/mol. The summed E-state index contributed by atoms with van der Waals surface area (Å²) in [5.74, 6) is -1.02. The molecule has 9 heteroatoms. The average Bonchev–Trinajstić information content (AvgIpc) is 2.78. The second-order valence-electron chi connectivity index (χ2n) is 8.97. The third-order valence-corrected chi connectivity index (χ3v) is 7.56. The number of hydrogen-bond acceptors (Lipinski definition) is 6. The van der Waals surface area contributed by atoms with Crippen molar-refractivity contribution >= 4 is 33.4 Å². The molecule has 1 N–H and O–H groups in total. The van der Waals surface area contributed by atoms with Crippen molar-refractivity contribution in [1.82, 2.24) is 4.31 Å². The molecule has 0 radical (unpaired) electrons. The maximum atomic E-state index is 13.1. The SMILES string of the molecule is CC(=O)c1cccc(NC(=O)C(C)OC(=O)c2cccc(S(=O)(=O)N3CC(C)CC(C)C3)c2)c1. The van der Waals surface area contributed by atoms with Crippen molar-refractivity contribution in [3.8, 4) is 0 Å². The number of rotatable bonds is 7. The van der Waals surface area contributed by atoms with E-state index >= 15 is 0 Å². The number of sulfonamides is 1. The number of nitrogens with zero attached hydrogens (tertiary/aromatic N) is 1. The Hall–Kier alpha value is -3.04. The molecule has 34 heavy (non-hydrogen) atoms. The number of piperidine rings is 1. The zero-order valence-corrected chi connectivity index (χ0v) is 20.6. The molecule has 1 saturated heterocycles. The van der Waals surface area contributed by atoms with Gasteiger partial charge in [-0.1, -0.05) is 32.0 Å². The largest absolute Gasteiger partial charge is 0.449 e. The fourth-order valence-corrected chi connectivity index (χ4v) is 5.80. The van der Waals surface area contributed by atoms with Crippen LogP contribution >= 0.6 is 0 Å². The molecule has 1 heterocycles. The maximum absolute atomic E-state index is 13.1. The fourth-order valence-electron chi connectivity index (χ4n) is 4.08. The lowest BCUT2D eigenvalue weighted by atomic mass is 9.94. The minimum Gasteiger partial charge on any atom is -0.449 e. The van der Waals surface area contributed by atoms with Gasteiger partial charge in [-0.3, -0.25) is 9.59 Å². The van der Waals surface area contributed by atoms with Crippen molar-refractivity contribution in [1.29, 1.82) is 0 Å². The van der Waals surface area contributed by atoms with Crippen molar-refractivity contribution < 1.29 is 27.5 Å². The Morgan fingerprint density at radius 1 is 1.00 bits per heavy atom. The Bertz CT molecular complexity index is 1180. The van der Waals surface area contributed by atoms with Crippen LogP contribution in [0.3, 0.4) is 0 Å². The van der Waals surface area contributed by atoms with Crippen LogP contribution in [0.1, 0.15) is 54.8 Å². The van der Waals surface area contributed by atoms with E-state index in [1.807, 2.05) is 13.8 Å². The maximum Gasteiger partial charge on any atom is 0.338 e. The number of esters is 1. The summed E-state index contributed by atoms with van der Waals surface area (Å²) in [5, 5.41) is 2.61. The number of benzene rings is 2. The normalized spacial score (nSPS) is 19.8. The summed E-state index contributed by atoms with van der Waals surface area (Å²) < 4.78 is 33.0. The number of ketones is 1. The fraction of sp³-hybridized carbons (Fsp3) is 0.400. The number of nitrogens with one attached hydrogen (secondary N) is 1. The Balaban J connectivity index is 1.69. The number of carbonyl (C=O) groups excluding carboxylic acids is 3. The summed E-state index contributed by atoms with van der Waals surface area (Å²) in [6, 6.07) is 12.1. The third kappa shape index (κ3) is 6.09. The van der Waals surface area contributed by atoms with E-state index in [0.29, 0.717) is 24.3 Å². The summed E-state index contributed by atoms with van der Waals surface area (Å²) in [4.78, 5) is 36.7. The topological polar surface area (TPSA) is 110 Å². The predicted molar refractivity (Wildman–Crippen MR) is 128 cm³/mol. The van der Waals surface area contributed by atoms with Gasteiger partial charge in [0.25, 0.3) is 5.91 Å². The first-order valence-corrected chi connectivity index (χ1v) is 12.6. The summed E-state index contributed by atoms with van der Waals surface area (Å²) >= 11 is 0. The molecule has 0 spiro atoms. The van der Waals surface area contributed by atoms with Crippen LogP contribution in [0.15, 0.2) is 53.4 Å². The highest BCUT2D eigenvalue weighted by atomic mass is 32.2. The van der Waals surface area contributed by atoms with Gasteiger partial charge in [0.05, 0.1) is 10.5 Å². The van der Waals surface area contributed by atoms with E-state index in [1.54, 1.807) is 18.2 Å². The van der Waals surface area contributed by atoms with E-state index in [1.165, 1.54) is 48.5 Å². The van der Waals surface area contributed by atoms with E-state index < -0.39 is 28.0 Å². The van der Waals surface area contributed by atoms with Crippen LogP contribution in [0.2, 0.25) is 0 Å². The Kier molecular flexibility index (Phi) is 7.89. The van der Waals surface area contributed by atoms with Crippen LogP contribution in [0.25, 0.3) is 0 Å². The molecule has 1 aliphatic heterocycles. The molecule has 0 saturated carbocycles. The molecule has 2 aromatic rings. The molecule has 3 rings (SSSR count). The van der Waals surface area contributed by atoms with Gasteiger partial charge in [-0.05, 0) is 62.4 Å². The van der Waals surface area contributed by atoms with Crippen molar-refractivity contribution in [2.75, 3.05) is 18.4 Å². The van der Waals surface area contributed by atoms with Crippen LogP contribution in [-0.2, 0) is 19.6 Å². The third-order valence-electron chi connectivity index (χ3n) is 5.73. The minimum absolute atomic E-state index is 0.0152. The lowest BCUT2D eigenvalue weighted by Crippen LogP contribution is -2.42. The monoisotopic (exact) mass is 486 g/mol. The van der Waals surface area contributed by atoms with Crippen molar-refractivity contribution in [2.24, 2.45) is 11.8 Å². The first kappa shape index (κ1) is 25.6. The molecular formula is C25H30N2O6S. The summed E-state index contributed by atoms with van der Waals surface area (Å²) in [6.07, 6.45) is -0.172. The summed E-state index contributed by atoms with van der Waals surface area (Å²) in [7, 11) is -3.76. The molecule has 0 aromatic heterocycles. The molecule has 0 aliphatic carbocycles. The van der Waals surface area contributed by atoms with Gasteiger partial charge < -0.3 is 10.1 Å². The van der Waals surface area contributed by atoms with Crippen LogP contribution in [0.4, 0.5) is 5.69 Å². The van der Waals surface area contributed by atoms with Crippen LogP contribution in [0, 0.1) is 11.8 Å². The molecule has 182 valence electrons. The zero-order valence-electron chi connectivity index (χ0n) is 19.8. The molecule has 1 fully saturated rings. The number of ether oxygens (including phenoxy) is 1. The quantitative estimate of drug-likeness (QED) is 0.472. The van der Waals surface area contributed by atoms with E-state index in [0.717, 1.165) is 6.42 Å². The molecule has 8 nitrogen and oxygen atoms in total. The Morgan fingerprint density at radius 2 is 1.62 bits per heavy atom. The van der Waals surface area contributed by atoms with Crippen molar-refractivity contribution in [2.45, 2.75) is 45.1 Å². The predicted octanol–water partition coefficient (Wildman–Crippen LogP) is 3.74. The lowest BCUT2D eigenvalue weighted by molar-refractivity contribution is -0.123. The number of anilines is 1. The highest BCUT2D eigenvalue weighted by Gasteiger charge is 2.32. The summed E-state index contributed by atoms with van der Waals surface area (Å²) in [5.41, 5.74) is 0.883. The van der Waals surface area contributed by atoms with Gasteiger partial charge in [0.1, 0.15) is 0 Å². The lowest BCUT2D eigenvalue weighted by Gasteiger charge is -2.34. The highest BCUT2D eigenvalue weighted by Crippen LogP contribution is 2.27. The second kappa shape index (κ2) is 10.5. The Labute approximate surface area is 200 Å². The van der Waals surface area contributed by atoms with Gasteiger partial charge in [0, 0.05) is 24.3 Å². The van der Waals surface area contributed by atoms with Crippen molar-refractivity contribution in [3.63, 3.8) is 0 Å². The van der Waals surface area contributed by atoms with Crippen LogP contribution in [0.5, 0.6) is 0 Å². The average molecular weight is 487 g/mol. The molecule has 1 aliphatic rings. The van der Waals surface area contributed by atoms with E-state index in [-0.39, 0.29) is 28.1 Å². The van der Waals surface area contributed by atoms with Gasteiger partial charge >= 0.3 is 5.97 Å². The van der Waals surface area contributed by atoms with Crippen LogP contribution in [-0.4, -0.2) is 49.6 Å². The number of Topliss-reactive ketones (excluding diaryl/α,β-unsaturated/α-hetero) is 1. The molecule has 0 bridgehead atoms. The van der Waals surface area contributed by atoms with Crippen LogP contribution < -0.4 is 5.32 Å². The van der Waals surface area contributed by atoms with Gasteiger partial charge in [0.2, 0.25) is 10.0 Å². The number of hydrogen-bond donors (Lipinski definition) is 1. The first-order valence-electron chi connectivity index (χ1n) is 11.2. The van der Waals surface area contributed by atoms with Gasteiger partial charge in [-0.25, -0.2) is 13.2 Å². The standard InChI is InChI=1S/C25H30N2O6S/c1-16-11-17(2)15-27(14-16)34(31,32)23-10-6-8-21(13-23)25(30)33-19(4)24(29)26-22-9-5-7-20(12-22)18(3)28/h5-10,12-13,16-17,19H,11,14-15H2,1-4H3,(H,26,29). The minimum atomic E-state index is -3.76. The molecule has 3 unspecified atom stereocenters. The van der Waals surface area contributed by atoms with E-state index in [9.17, 15) is 22.8 Å². The van der Waals surface area contributed by atoms with Gasteiger partial charge in [-0.15, -0.1) is 0 Å². The number of amides is 1. The second-order valence-corrected chi connectivity index (χ2v) is 10.9. The van der Waals surface area contributed by atoms with E-state index in [4.69, 9.17) is 4.74 Å². The van der Waals surface area contributed by atoms with E-state index in [2.05, 4.69) is 5.32 Å².